The van der Waals surface area contributed by atoms with Crippen molar-refractivity contribution in [3.05, 3.63) is 58.7 Å². The van der Waals surface area contributed by atoms with Gasteiger partial charge in [0.25, 0.3) is 0 Å². The Morgan fingerprint density at radius 2 is 1.95 bits per heavy atom. The number of halogens is 1. The first-order chi connectivity index (χ1) is 9.04. The monoisotopic (exact) mass is 261 g/mol. The third kappa shape index (κ3) is 2.58. The summed E-state index contributed by atoms with van der Waals surface area (Å²) in [4.78, 5) is 3.68. The lowest BCUT2D eigenvalue weighted by molar-refractivity contribution is 0.213. The predicted octanol–water partition coefficient (Wildman–Crippen LogP) is 2.93. The molecule has 1 aromatic heterocycles. The van der Waals surface area contributed by atoms with Crippen LogP contribution in [-0.2, 0) is 0 Å². The molecule has 0 bridgehead atoms. The Kier molecular flexibility index (Phi) is 3.81. The van der Waals surface area contributed by atoms with Crippen LogP contribution in [0.2, 0.25) is 0 Å². The highest BCUT2D eigenvalue weighted by molar-refractivity contribution is 5.44. The quantitative estimate of drug-likeness (QED) is 0.923. The summed E-state index contributed by atoms with van der Waals surface area (Å²) in [5, 5.41) is 10.3. The van der Waals surface area contributed by atoms with Crippen molar-refractivity contribution < 1.29 is 14.2 Å². The van der Waals surface area contributed by atoms with Gasteiger partial charge in [0.2, 0.25) is 0 Å². The third-order valence-electron chi connectivity index (χ3n) is 3.18. The van der Waals surface area contributed by atoms with Crippen molar-refractivity contribution in [3.63, 3.8) is 0 Å². The van der Waals surface area contributed by atoms with Crippen LogP contribution in [0.25, 0.3) is 0 Å². The predicted molar refractivity (Wildman–Crippen MR) is 70.7 cm³/mol. The van der Waals surface area contributed by atoms with Crippen molar-refractivity contribution in [1.29, 1.82) is 0 Å². The van der Waals surface area contributed by atoms with E-state index in [1.807, 2.05) is 26.0 Å². The molecule has 0 spiro atoms. The van der Waals surface area contributed by atoms with Crippen LogP contribution in [0, 0.1) is 19.7 Å². The van der Waals surface area contributed by atoms with Crippen LogP contribution in [-0.4, -0.2) is 17.2 Å². The Hall–Kier alpha value is -1.94. The molecule has 0 saturated carbocycles. The Balaban J connectivity index is 2.48. The third-order valence-corrected chi connectivity index (χ3v) is 3.18. The summed E-state index contributed by atoms with van der Waals surface area (Å²) in [5.74, 6) is 0.242. The molecule has 0 aliphatic carbocycles. The number of methoxy groups -OCH3 is 1. The molecule has 1 aromatic carbocycles. The first-order valence-corrected chi connectivity index (χ1v) is 5.97. The molecule has 0 radical (unpaired) electrons. The number of rotatable bonds is 3. The average molecular weight is 261 g/mol. The molecule has 0 aliphatic heterocycles. The second-order valence-corrected chi connectivity index (χ2v) is 4.48. The molecule has 1 N–H and O–H groups in total. The molecular formula is C15H16FNO2. The summed E-state index contributed by atoms with van der Waals surface area (Å²) >= 11 is 0. The fourth-order valence-corrected chi connectivity index (χ4v) is 2.10. The highest BCUT2D eigenvalue weighted by Gasteiger charge is 2.18. The minimum atomic E-state index is -1.01. The molecule has 100 valence electrons. The number of nitrogens with zero attached hydrogens (tertiary/aromatic N) is 1. The highest BCUT2D eigenvalue weighted by atomic mass is 19.1. The minimum absolute atomic E-state index is 0.225. The maximum absolute atomic E-state index is 13.7. The topological polar surface area (TPSA) is 42.4 Å². The van der Waals surface area contributed by atoms with Crippen LogP contribution < -0.4 is 4.74 Å². The van der Waals surface area contributed by atoms with Gasteiger partial charge in [-0.05, 0) is 48.7 Å². The molecule has 0 fully saturated rings. The van der Waals surface area contributed by atoms with Gasteiger partial charge in [-0.25, -0.2) is 4.39 Å². The normalized spacial score (nSPS) is 12.3. The van der Waals surface area contributed by atoms with Crippen molar-refractivity contribution >= 4 is 0 Å². The van der Waals surface area contributed by atoms with E-state index < -0.39 is 11.9 Å². The van der Waals surface area contributed by atoms with E-state index >= 15 is 0 Å². The number of aliphatic hydroxyl groups excluding tert-OH is 1. The Bertz CT molecular complexity index is 599. The van der Waals surface area contributed by atoms with Gasteiger partial charge >= 0.3 is 0 Å². The zero-order chi connectivity index (χ0) is 14.0. The molecule has 0 aliphatic rings. The fourth-order valence-electron chi connectivity index (χ4n) is 2.10. The highest BCUT2D eigenvalue weighted by Crippen LogP contribution is 2.30. The smallest absolute Gasteiger partial charge is 0.147 e. The van der Waals surface area contributed by atoms with Gasteiger partial charge in [0, 0.05) is 11.8 Å². The number of aromatic nitrogens is 1. The molecule has 3 nitrogen and oxygen atoms in total. The van der Waals surface area contributed by atoms with Gasteiger partial charge in [-0.15, -0.1) is 0 Å². The van der Waals surface area contributed by atoms with Crippen molar-refractivity contribution in [3.8, 4) is 5.75 Å². The Morgan fingerprint density at radius 1 is 1.21 bits per heavy atom. The largest absolute Gasteiger partial charge is 0.496 e. The summed E-state index contributed by atoms with van der Waals surface area (Å²) in [6, 6.07) is 5.14. The molecule has 0 saturated heterocycles. The van der Waals surface area contributed by atoms with Gasteiger partial charge in [-0.3, -0.25) is 4.98 Å². The molecule has 2 rings (SSSR count). The number of ether oxygens (including phenoxy) is 1. The van der Waals surface area contributed by atoms with Gasteiger partial charge in [0.1, 0.15) is 17.7 Å². The molecular weight excluding hydrogens is 245 g/mol. The van der Waals surface area contributed by atoms with Gasteiger partial charge in [0.15, 0.2) is 0 Å². The van der Waals surface area contributed by atoms with Crippen LogP contribution in [0.5, 0.6) is 5.75 Å². The molecule has 1 unspecified atom stereocenters. The standard InChI is InChI=1S/C15H16FNO2/c1-9-7-14(19-3)10(2)6-12(9)15(18)11-4-5-17-8-13(11)16/h4-8,15,18H,1-3H3. The first kappa shape index (κ1) is 13.5. The molecule has 2 aromatic rings. The molecule has 4 heteroatoms. The first-order valence-electron chi connectivity index (χ1n) is 5.97. The van der Waals surface area contributed by atoms with Gasteiger partial charge < -0.3 is 9.84 Å². The van der Waals surface area contributed by atoms with Crippen molar-refractivity contribution in [2.45, 2.75) is 20.0 Å². The molecule has 1 heterocycles. The van der Waals surface area contributed by atoms with Gasteiger partial charge in [-0.1, -0.05) is 0 Å². The van der Waals surface area contributed by atoms with E-state index in [4.69, 9.17) is 4.74 Å². The fraction of sp³-hybridized carbons (Fsp3) is 0.267. The number of benzene rings is 1. The van der Waals surface area contributed by atoms with Gasteiger partial charge in [0.05, 0.1) is 13.3 Å². The number of aliphatic hydroxyl groups is 1. The second-order valence-electron chi connectivity index (χ2n) is 4.48. The van der Waals surface area contributed by atoms with Gasteiger partial charge in [-0.2, -0.15) is 0 Å². The van der Waals surface area contributed by atoms with Crippen LogP contribution in [0.4, 0.5) is 4.39 Å². The number of pyridine rings is 1. The van der Waals surface area contributed by atoms with Crippen LogP contribution >= 0.6 is 0 Å². The summed E-state index contributed by atoms with van der Waals surface area (Å²) < 4.78 is 18.9. The summed E-state index contributed by atoms with van der Waals surface area (Å²) in [6.45, 7) is 3.75. The zero-order valence-corrected chi connectivity index (χ0v) is 11.1. The second kappa shape index (κ2) is 5.36. The van der Waals surface area contributed by atoms with E-state index in [0.717, 1.165) is 23.1 Å². The van der Waals surface area contributed by atoms with E-state index in [2.05, 4.69) is 4.98 Å². The van der Waals surface area contributed by atoms with Crippen molar-refractivity contribution in [1.82, 2.24) is 4.98 Å². The SMILES string of the molecule is COc1cc(C)c(C(O)c2ccncc2F)cc1C. The van der Waals surface area contributed by atoms with E-state index in [9.17, 15) is 9.50 Å². The average Bonchev–Trinajstić information content (AvgIpc) is 2.40. The summed E-state index contributed by atoms with van der Waals surface area (Å²) in [5.41, 5.74) is 2.65. The van der Waals surface area contributed by atoms with E-state index in [1.54, 1.807) is 7.11 Å². The minimum Gasteiger partial charge on any atom is -0.496 e. The van der Waals surface area contributed by atoms with Crippen molar-refractivity contribution in [2.24, 2.45) is 0 Å². The molecule has 19 heavy (non-hydrogen) atoms. The number of hydrogen-bond acceptors (Lipinski definition) is 3. The van der Waals surface area contributed by atoms with Crippen LogP contribution in [0.3, 0.4) is 0 Å². The maximum atomic E-state index is 13.7. The lowest BCUT2D eigenvalue weighted by Gasteiger charge is -2.17. The molecule has 1 atom stereocenters. The lowest BCUT2D eigenvalue weighted by atomic mass is 9.95. The number of aryl methyl sites for hydroxylation is 2. The Morgan fingerprint density at radius 3 is 2.58 bits per heavy atom. The van der Waals surface area contributed by atoms with E-state index in [1.165, 1.54) is 12.3 Å². The van der Waals surface area contributed by atoms with E-state index in [0.29, 0.717) is 5.56 Å². The van der Waals surface area contributed by atoms with Crippen LogP contribution in [0.1, 0.15) is 28.4 Å². The maximum Gasteiger partial charge on any atom is 0.147 e. The summed E-state index contributed by atoms with van der Waals surface area (Å²) in [6.07, 6.45) is 1.56. The Labute approximate surface area is 111 Å². The number of hydrogen-bond donors (Lipinski definition) is 1. The molecule has 0 amide bonds. The van der Waals surface area contributed by atoms with Crippen molar-refractivity contribution in [2.75, 3.05) is 7.11 Å². The lowest BCUT2D eigenvalue weighted by Crippen LogP contribution is -2.06. The summed E-state index contributed by atoms with van der Waals surface area (Å²) in [7, 11) is 1.60. The van der Waals surface area contributed by atoms with E-state index in [-0.39, 0.29) is 5.56 Å². The van der Waals surface area contributed by atoms with Crippen LogP contribution in [0.15, 0.2) is 30.6 Å². The zero-order valence-electron chi connectivity index (χ0n) is 11.1.